The molecule has 4 nitrogen and oxygen atoms in total. The molecule has 20 heavy (non-hydrogen) atoms. The zero-order chi connectivity index (χ0) is 13.5. The molecule has 0 fully saturated rings. The van der Waals surface area contributed by atoms with Gasteiger partial charge in [-0.25, -0.2) is 9.97 Å². The summed E-state index contributed by atoms with van der Waals surface area (Å²) in [6.07, 6.45) is 0. The van der Waals surface area contributed by atoms with E-state index >= 15 is 0 Å². The van der Waals surface area contributed by atoms with E-state index in [1.807, 2.05) is 18.2 Å². The summed E-state index contributed by atoms with van der Waals surface area (Å²) in [5.74, 6) is 1.29. The highest BCUT2D eigenvalue weighted by Gasteiger charge is 2.07. The number of anilines is 1. The molecule has 4 aromatic rings. The Kier molecular flexibility index (Phi) is 2.23. The van der Waals surface area contributed by atoms with Crippen LogP contribution in [0.1, 0.15) is 0 Å². The van der Waals surface area contributed by atoms with Gasteiger partial charge in [-0.2, -0.15) is 0 Å². The molecule has 4 rings (SSSR count). The third kappa shape index (κ3) is 1.70. The van der Waals surface area contributed by atoms with Crippen molar-refractivity contribution >= 4 is 27.8 Å². The third-order valence-electron chi connectivity index (χ3n) is 3.39. The molecule has 0 saturated carbocycles. The second-order valence-electron chi connectivity index (χ2n) is 4.75. The molecule has 0 spiro atoms. The first-order valence-electron chi connectivity index (χ1n) is 6.41. The molecule has 0 saturated heterocycles. The molecule has 0 radical (unpaired) electrons. The van der Waals surface area contributed by atoms with Crippen LogP contribution < -0.4 is 5.73 Å². The van der Waals surface area contributed by atoms with Crippen LogP contribution in [0.4, 0.5) is 5.82 Å². The van der Waals surface area contributed by atoms with Gasteiger partial charge in [0.05, 0.1) is 5.52 Å². The quantitative estimate of drug-likeness (QED) is 0.551. The van der Waals surface area contributed by atoms with E-state index in [1.54, 1.807) is 6.07 Å². The fourth-order valence-corrected chi connectivity index (χ4v) is 2.38. The number of imidazole rings is 1. The maximum absolute atomic E-state index is 5.68. The van der Waals surface area contributed by atoms with E-state index in [2.05, 4.69) is 45.3 Å². The lowest BCUT2D eigenvalue weighted by Crippen LogP contribution is -1.88. The molecule has 3 N–H and O–H groups in total. The number of nitrogens with zero attached hydrogens (tertiary/aromatic N) is 2. The highest BCUT2D eigenvalue weighted by atomic mass is 15.0. The number of nitrogen functional groups attached to an aromatic ring is 1. The van der Waals surface area contributed by atoms with Crippen LogP contribution in [0.25, 0.3) is 33.3 Å². The number of nitrogens with one attached hydrogen (secondary N) is 1. The van der Waals surface area contributed by atoms with Gasteiger partial charge in [-0.05, 0) is 29.0 Å². The number of hydrogen-bond acceptors (Lipinski definition) is 3. The topological polar surface area (TPSA) is 67.6 Å². The Morgan fingerprint density at radius 1 is 0.850 bits per heavy atom. The van der Waals surface area contributed by atoms with E-state index in [-0.39, 0.29) is 0 Å². The van der Waals surface area contributed by atoms with Crippen molar-refractivity contribution in [3.8, 4) is 11.4 Å². The third-order valence-corrected chi connectivity index (χ3v) is 3.39. The number of aromatic amines is 1. The lowest BCUT2D eigenvalue weighted by molar-refractivity contribution is 1.31. The molecule has 0 unspecified atom stereocenters. The van der Waals surface area contributed by atoms with Gasteiger partial charge in [0, 0.05) is 5.56 Å². The van der Waals surface area contributed by atoms with E-state index in [0.717, 1.165) is 16.9 Å². The van der Waals surface area contributed by atoms with Crippen LogP contribution in [0, 0.1) is 0 Å². The summed E-state index contributed by atoms with van der Waals surface area (Å²) < 4.78 is 0. The van der Waals surface area contributed by atoms with Crippen molar-refractivity contribution in [2.75, 3.05) is 5.73 Å². The number of H-pyrrole nitrogens is 1. The van der Waals surface area contributed by atoms with Crippen LogP contribution in [0.3, 0.4) is 0 Å². The van der Waals surface area contributed by atoms with Crippen LogP contribution in [0.5, 0.6) is 0 Å². The summed E-state index contributed by atoms with van der Waals surface area (Å²) in [5.41, 5.74) is 8.26. The van der Waals surface area contributed by atoms with Gasteiger partial charge in [-0.15, -0.1) is 0 Å². The molecular formula is C16H12N4. The Morgan fingerprint density at radius 3 is 2.60 bits per heavy atom. The van der Waals surface area contributed by atoms with E-state index in [1.165, 1.54) is 10.8 Å². The first-order chi connectivity index (χ1) is 9.79. The van der Waals surface area contributed by atoms with Gasteiger partial charge in [-0.3, -0.25) is 0 Å². The van der Waals surface area contributed by atoms with Crippen molar-refractivity contribution in [3.63, 3.8) is 0 Å². The second-order valence-corrected chi connectivity index (χ2v) is 4.75. The average Bonchev–Trinajstić information content (AvgIpc) is 2.89. The number of rotatable bonds is 1. The van der Waals surface area contributed by atoms with Crippen LogP contribution in [0.2, 0.25) is 0 Å². The lowest BCUT2D eigenvalue weighted by atomic mass is 10.1. The Morgan fingerprint density at radius 2 is 1.70 bits per heavy atom. The van der Waals surface area contributed by atoms with E-state index in [0.29, 0.717) is 11.5 Å². The molecule has 2 aromatic heterocycles. The molecule has 0 atom stereocenters. The van der Waals surface area contributed by atoms with E-state index < -0.39 is 0 Å². The Labute approximate surface area is 115 Å². The molecule has 0 bridgehead atoms. The zero-order valence-corrected chi connectivity index (χ0v) is 10.7. The fraction of sp³-hybridized carbons (Fsp3) is 0. The van der Waals surface area contributed by atoms with E-state index in [4.69, 9.17) is 5.73 Å². The van der Waals surface area contributed by atoms with Crippen molar-refractivity contribution < 1.29 is 0 Å². The van der Waals surface area contributed by atoms with Crippen LogP contribution in [-0.4, -0.2) is 15.0 Å². The first-order valence-corrected chi connectivity index (χ1v) is 6.41. The normalized spacial score (nSPS) is 11.2. The molecule has 2 aromatic carbocycles. The monoisotopic (exact) mass is 260 g/mol. The molecule has 96 valence electrons. The standard InChI is InChI=1S/C16H12N4/c17-14-8-7-13-16(19-14)20-15(18-13)12-6-5-10-3-1-2-4-11(10)9-12/h1-9H,(H3,17,18,19,20). The molecule has 2 heterocycles. The van der Waals surface area contributed by atoms with Crippen LogP contribution in [-0.2, 0) is 0 Å². The molecule has 0 aliphatic rings. The number of pyridine rings is 1. The summed E-state index contributed by atoms with van der Waals surface area (Å²) >= 11 is 0. The van der Waals surface area contributed by atoms with Gasteiger partial charge in [0.2, 0.25) is 0 Å². The summed E-state index contributed by atoms with van der Waals surface area (Å²) in [7, 11) is 0. The number of benzene rings is 2. The minimum Gasteiger partial charge on any atom is -0.384 e. The van der Waals surface area contributed by atoms with Gasteiger partial charge >= 0.3 is 0 Å². The van der Waals surface area contributed by atoms with Crippen molar-refractivity contribution in [2.24, 2.45) is 0 Å². The van der Waals surface area contributed by atoms with E-state index in [9.17, 15) is 0 Å². The first kappa shape index (κ1) is 11.0. The molecule has 4 heteroatoms. The van der Waals surface area contributed by atoms with Crippen molar-refractivity contribution in [1.82, 2.24) is 15.0 Å². The summed E-state index contributed by atoms with van der Waals surface area (Å²) in [6, 6.07) is 18.2. The zero-order valence-electron chi connectivity index (χ0n) is 10.7. The highest BCUT2D eigenvalue weighted by Crippen LogP contribution is 2.24. The number of fused-ring (bicyclic) bond motifs is 2. The number of nitrogens with two attached hydrogens (primary N) is 1. The van der Waals surface area contributed by atoms with Gasteiger partial charge in [0.25, 0.3) is 0 Å². The minimum absolute atomic E-state index is 0.481. The van der Waals surface area contributed by atoms with Gasteiger partial charge in [0.1, 0.15) is 11.6 Å². The largest absolute Gasteiger partial charge is 0.384 e. The predicted octanol–water partition coefficient (Wildman–Crippen LogP) is 3.36. The van der Waals surface area contributed by atoms with Crippen molar-refractivity contribution in [3.05, 3.63) is 54.6 Å². The van der Waals surface area contributed by atoms with Gasteiger partial charge < -0.3 is 10.7 Å². The lowest BCUT2D eigenvalue weighted by Gasteiger charge is -2.00. The Balaban J connectivity index is 1.91. The minimum atomic E-state index is 0.481. The SMILES string of the molecule is Nc1ccc2[nH]c(-c3ccc4ccccc4c3)nc2n1. The van der Waals surface area contributed by atoms with Crippen LogP contribution in [0.15, 0.2) is 54.6 Å². The Bertz CT molecular complexity index is 924. The molecular weight excluding hydrogens is 248 g/mol. The smallest absolute Gasteiger partial charge is 0.180 e. The van der Waals surface area contributed by atoms with Crippen LogP contribution >= 0.6 is 0 Å². The second kappa shape index (κ2) is 4.06. The van der Waals surface area contributed by atoms with Crippen molar-refractivity contribution in [1.29, 1.82) is 0 Å². The average molecular weight is 260 g/mol. The molecule has 0 aliphatic carbocycles. The summed E-state index contributed by atoms with van der Waals surface area (Å²) in [6.45, 7) is 0. The maximum atomic E-state index is 5.68. The van der Waals surface area contributed by atoms with Crippen molar-refractivity contribution in [2.45, 2.75) is 0 Å². The van der Waals surface area contributed by atoms with Gasteiger partial charge in [0.15, 0.2) is 5.65 Å². The van der Waals surface area contributed by atoms with Gasteiger partial charge in [-0.1, -0.05) is 36.4 Å². The molecule has 0 amide bonds. The highest BCUT2D eigenvalue weighted by molar-refractivity contribution is 5.87. The number of hydrogen-bond donors (Lipinski definition) is 2. The maximum Gasteiger partial charge on any atom is 0.180 e. The molecule has 0 aliphatic heterocycles. The predicted molar refractivity (Wildman–Crippen MR) is 81.2 cm³/mol. The summed E-state index contributed by atoms with van der Waals surface area (Å²) in [5, 5.41) is 2.41. The number of aromatic nitrogens is 3. The Hall–Kier alpha value is -2.88. The summed E-state index contributed by atoms with van der Waals surface area (Å²) in [4.78, 5) is 12.0. The fourth-order valence-electron chi connectivity index (χ4n) is 2.38.